The predicted molar refractivity (Wildman–Crippen MR) is 108 cm³/mol. The first-order chi connectivity index (χ1) is 14.0. The summed E-state index contributed by atoms with van der Waals surface area (Å²) in [6.45, 7) is 1.30. The lowest BCUT2D eigenvalue weighted by atomic mass is 9.97. The van der Waals surface area contributed by atoms with Crippen molar-refractivity contribution in [3.8, 4) is 11.5 Å². The second kappa shape index (κ2) is 8.86. The standard InChI is InChI=1S/C23H22O6/c1-14(17-5-6-18-7-15(11-24)3-4-19(18)10-17)23(27)29-22-20(13-26)8-16(12-25)9-21(22)28-2/h3-10,12,14,24,26H,11,13H2,1-2H3. The fourth-order valence-electron chi connectivity index (χ4n) is 3.14. The molecule has 0 fully saturated rings. The number of carbonyl (C=O) groups is 2. The molecule has 6 heteroatoms. The highest BCUT2D eigenvalue weighted by atomic mass is 16.6. The monoisotopic (exact) mass is 394 g/mol. The van der Waals surface area contributed by atoms with Gasteiger partial charge in [-0.3, -0.25) is 9.59 Å². The fourth-order valence-corrected chi connectivity index (χ4v) is 3.14. The molecule has 2 N–H and O–H groups in total. The highest BCUT2D eigenvalue weighted by Gasteiger charge is 2.22. The SMILES string of the molecule is COc1cc(C=O)cc(CO)c1OC(=O)C(C)c1ccc2cc(CO)ccc2c1. The van der Waals surface area contributed by atoms with Crippen molar-refractivity contribution in [1.82, 2.24) is 0 Å². The van der Waals surface area contributed by atoms with Crippen LogP contribution in [0, 0.1) is 0 Å². The van der Waals surface area contributed by atoms with E-state index in [2.05, 4.69) is 0 Å². The van der Waals surface area contributed by atoms with Crippen LogP contribution < -0.4 is 9.47 Å². The molecule has 0 amide bonds. The number of hydrogen-bond donors (Lipinski definition) is 2. The maximum absolute atomic E-state index is 12.8. The molecule has 0 saturated carbocycles. The Morgan fingerprint density at radius 3 is 2.41 bits per heavy atom. The van der Waals surface area contributed by atoms with Gasteiger partial charge >= 0.3 is 5.97 Å². The van der Waals surface area contributed by atoms with Crippen molar-refractivity contribution in [1.29, 1.82) is 0 Å². The van der Waals surface area contributed by atoms with Gasteiger partial charge in [-0.25, -0.2) is 0 Å². The summed E-state index contributed by atoms with van der Waals surface area (Å²) in [6, 6.07) is 14.2. The molecule has 150 valence electrons. The zero-order valence-corrected chi connectivity index (χ0v) is 16.2. The number of benzene rings is 3. The molecule has 3 aromatic carbocycles. The number of fused-ring (bicyclic) bond motifs is 1. The molecule has 0 aliphatic rings. The normalized spacial score (nSPS) is 11.9. The number of aldehydes is 1. The first kappa shape index (κ1) is 20.5. The molecule has 1 unspecified atom stereocenters. The number of aliphatic hydroxyl groups is 2. The van der Waals surface area contributed by atoms with Crippen LogP contribution in [0.15, 0.2) is 48.5 Å². The van der Waals surface area contributed by atoms with E-state index in [0.717, 1.165) is 21.9 Å². The molecule has 3 aromatic rings. The lowest BCUT2D eigenvalue weighted by Crippen LogP contribution is -2.17. The van der Waals surface area contributed by atoms with Crippen LogP contribution in [0.5, 0.6) is 11.5 Å². The average Bonchev–Trinajstić information content (AvgIpc) is 2.77. The van der Waals surface area contributed by atoms with Crippen molar-refractivity contribution in [2.75, 3.05) is 7.11 Å². The molecule has 0 bridgehead atoms. The van der Waals surface area contributed by atoms with E-state index in [4.69, 9.17) is 9.47 Å². The van der Waals surface area contributed by atoms with Gasteiger partial charge in [0.05, 0.1) is 26.2 Å². The summed E-state index contributed by atoms with van der Waals surface area (Å²) in [5, 5.41) is 20.8. The van der Waals surface area contributed by atoms with Crippen molar-refractivity contribution in [3.63, 3.8) is 0 Å². The molecular weight excluding hydrogens is 372 g/mol. The van der Waals surface area contributed by atoms with E-state index in [1.165, 1.54) is 19.2 Å². The lowest BCUT2D eigenvalue weighted by molar-refractivity contribution is -0.135. The number of esters is 1. The Kier molecular flexibility index (Phi) is 6.26. The largest absolute Gasteiger partial charge is 0.493 e. The Hall–Kier alpha value is -3.22. The van der Waals surface area contributed by atoms with E-state index < -0.39 is 18.5 Å². The second-order valence-electron chi connectivity index (χ2n) is 6.73. The van der Waals surface area contributed by atoms with Gasteiger partial charge in [0.1, 0.15) is 6.29 Å². The Labute approximate surface area is 168 Å². The van der Waals surface area contributed by atoms with Crippen LogP contribution >= 0.6 is 0 Å². The third-order valence-electron chi connectivity index (χ3n) is 4.85. The van der Waals surface area contributed by atoms with Crippen molar-refractivity contribution < 1.29 is 29.3 Å². The van der Waals surface area contributed by atoms with Crippen LogP contribution in [-0.2, 0) is 18.0 Å². The predicted octanol–water partition coefficient (Wildman–Crippen LogP) is 3.35. The Bertz CT molecular complexity index is 1030. The molecule has 0 aliphatic heterocycles. The van der Waals surface area contributed by atoms with E-state index >= 15 is 0 Å². The minimum Gasteiger partial charge on any atom is -0.493 e. The number of methoxy groups -OCH3 is 1. The fraction of sp³-hybridized carbons (Fsp3) is 0.217. The summed E-state index contributed by atoms with van der Waals surface area (Å²) >= 11 is 0. The quantitative estimate of drug-likeness (QED) is 0.363. The Morgan fingerprint density at radius 1 is 1.03 bits per heavy atom. The summed E-state index contributed by atoms with van der Waals surface area (Å²) in [5.41, 5.74) is 2.20. The van der Waals surface area contributed by atoms with Crippen LogP contribution in [0.4, 0.5) is 0 Å². The van der Waals surface area contributed by atoms with Crippen molar-refractivity contribution in [3.05, 3.63) is 70.8 Å². The van der Waals surface area contributed by atoms with E-state index in [9.17, 15) is 19.8 Å². The van der Waals surface area contributed by atoms with Crippen LogP contribution in [-0.4, -0.2) is 29.6 Å². The Morgan fingerprint density at radius 2 is 1.76 bits per heavy atom. The zero-order chi connectivity index (χ0) is 21.0. The molecule has 0 radical (unpaired) electrons. The van der Waals surface area contributed by atoms with E-state index in [0.29, 0.717) is 17.4 Å². The molecule has 0 heterocycles. The zero-order valence-electron chi connectivity index (χ0n) is 16.2. The maximum Gasteiger partial charge on any atom is 0.318 e. The van der Waals surface area contributed by atoms with Crippen molar-refractivity contribution in [2.45, 2.75) is 26.1 Å². The number of aliphatic hydroxyl groups excluding tert-OH is 2. The van der Waals surface area contributed by atoms with Gasteiger partial charge in [-0.1, -0.05) is 30.3 Å². The van der Waals surface area contributed by atoms with Gasteiger partial charge in [-0.15, -0.1) is 0 Å². The lowest BCUT2D eigenvalue weighted by Gasteiger charge is -2.17. The molecule has 0 aromatic heterocycles. The molecule has 6 nitrogen and oxygen atoms in total. The van der Waals surface area contributed by atoms with Gasteiger partial charge in [0.2, 0.25) is 0 Å². The van der Waals surface area contributed by atoms with Gasteiger partial charge in [0.15, 0.2) is 11.5 Å². The van der Waals surface area contributed by atoms with Crippen molar-refractivity contribution in [2.24, 2.45) is 0 Å². The minimum absolute atomic E-state index is 0.0294. The Balaban J connectivity index is 1.89. The molecule has 29 heavy (non-hydrogen) atoms. The summed E-state index contributed by atoms with van der Waals surface area (Å²) in [5.74, 6) is -0.776. The minimum atomic E-state index is -0.570. The molecule has 0 aliphatic carbocycles. The second-order valence-corrected chi connectivity index (χ2v) is 6.73. The van der Waals surface area contributed by atoms with E-state index in [1.54, 1.807) is 6.92 Å². The highest BCUT2D eigenvalue weighted by Crippen LogP contribution is 2.34. The van der Waals surface area contributed by atoms with Crippen LogP contribution in [0.2, 0.25) is 0 Å². The number of rotatable bonds is 7. The number of hydrogen-bond acceptors (Lipinski definition) is 6. The highest BCUT2D eigenvalue weighted by molar-refractivity contribution is 5.87. The molecule has 3 rings (SSSR count). The molecule has 0 spiro atoms. The van der Waals surface area contributed by atoms with Crippen LogP contribution in [0.3, 0.4) is 0 Å². The molecule has 0 saturated heterocycles. The molecule has 1 atom stereocenters. The third kappa shape index (κ3) is 4.29. The van der Waals surface area contributed by atoms with Gasteiger partial charge in [0, 0.05) is 11.1 Å². The van der Waals surface area contributed by atoms with Gasteiger partial charge in [-0.05, 0) is 47.0 Å². The van der Waals surface area contributed by atoms with Crippen molar-refractivity contribution >= 4 is 23.0 Å². The summed E-state index contributed by atoms with van der Waals surface area (Å²) < 4.78 is 10.8. The first-order valence-corrected chi connectivity index (χ1v) is 9.12. The summed E-state index contributed by atoms with van der Waals surface area (Å²) in [7, 11) is 1.40. The smallest absolute Gasteiger partial charge is 0.318 e. The summed E-state index contributed by atoms with van der Waals surface area (Å²) in [4.78, 5) is 23.8. The van der Waals surface area contributed by atoms with Gasteiger partial charge < -0.3 is 19.7 Å². The summed E-state index contributed by atoms with van der Waals surface area (Å²) in [6.07, 6.45) is 0.632. The van der Waals surface area contributed by atoms with Crippen LogP contribution in [0.25, 0.3) is 10.8 Å². The van der Waals surface area contributed by atoms with Gasteiger partial charge in [0.25, 0.3) is 0 Å². The van der Waals surface area contributed by atoms with E-state index in [-0.39, 0.29) is 18.1 Å². The van der Waals surface area contributed by atoms with Gasteiger partial charge in [-0.2, -0.15) is 0 Å². The molecular formula is C23H22O6. The number of carbonyl (C=O) groups excluding carboxylic acids is 2. The number of ether oxygens (including phenoxy) is 2. The topological polar surface area (TPSA) is 93.1 Å². The third-order valence-corrected chi connectivity index (χ3v) is 4.85. The first-order valence-electron chi connectivity index (χ1n) is 9.12. The average molecular weight is 394 g/mol. The maximum atomic E-state index is 12.8. The van der Waals surface area contributed by atoms with E-state index in [1.807, 2.05) is 36.4 Å². The van der Waals surface area contributed by atoms with Crippen LogP contribution in [0.1, 0.15) is 39.9 Å².